The highest BCUT2D eigenvalue weighted by atomic mass is 15.2. The standard InChI is InChI=1S/C77H51N3/c1-4-20-52(21-5-1)53-38-42-57(43-39-53)78(55-22-6-2-7-23-55)58-44-40-54(41-45-58)61-30-18-32-67-62(61)31-19-37-74(67)79(60-47-49-69-68-29-13-17-36-75(68)80(76(69)51-60)56-24-8-3-9-25-56)59-46-48-66-65-28-12-16-35-72(65)77(73(66)50-59)70-33-14-10-26-63(70)64-27-11-15-34-71(64)77/h1-51H/i40D,41D,44D,45D. The average molecular weight is 1020 g/mol. The first-order valence-corrected chi connectivity index (χ1v) is 27.3. The van der Waals surface area contributed by atoms with Crippen LogP contribution < -0.4 is 9.80 Å². The maximum absolute atomic E-state index is 9.95. The van der Waals surface area contributed by atoms with E-state index < -0.39 is 5.41 Å². The summed E-state index contributed by atoms with van der Waals surface area (Å²) in [6, 6.07) is 99.4. The van der Waals surface area contributed by atoms with E-state index in [1.807, 2.05) is 95.9 Å². The molecule has 14 aromatic rings. The lowest BCUT2D eigenvalue weighted by molar-refractivity contribution is 0.793. The number of hydrogen-bond acceptors (Lipinski definition) is 2. The van der Waals surface area contributed by atoms with Gasteiger partial charge in [-0.15, -0.1) is 0 Å². The van der Waals surface area contributed by atoms with E-state index in [0.29, 0.717) is 11.3 Å². The molecule has 0 saturated carbocycles. The third-order valence-electron chi connectivity index (χ3n) is 16.7. The molecule has 0 unspecified atom stereocenters. The maximum atomic E-state index is 9.95. The summed E-state index contributed by atoms with van der Waals surface area (Å²) < 4.78 is 42.0. The summed E-state index contributed by atoms with van der Waals surface area (Å²) in [5.41, 5.74) is 20.0. The van der Waals surface area contributed by atoms with Crippen LogP contribution in [0.5, 0.6) is 0 Å². The molecule has 1 aromatic heterocycles. The molecule has 3 nitrogen and oxygen atoms in total. The van der Waals surface area contributed by atoms with Crippen LogP contribution in [0, 0.1) is 0 Å². The summed E-state index contributed by atoms with van der Waals surface area (Å²) in [7, 11) is 0. The van der Waals surface area contributed by atoms with Gasteiger partial charge in [-0.1, -0.05) is 224 Å². The molecule has 1 heterocycles. The number of para-hydroxylation sites is 3. The number of anilines is 6. The van der Waals surface area contributed by atoms with Crippen LogP contribution in [0.2, 0.25) is 0 Å². The average Bonchev–Trinajstić information content (AvgIpc) is 1.55. The smallest absolute Gasteiger partial charge is 0.0726 e. The van der Waals surface area contributed by atoms with E-state index >= 15 is 0 Å². The normalized spacial score (nSPS) is 13.3. The highest BCUT2D eigenvalue weighted by Crippen LogP contribution is 2.63. The zero-order valence-corrected chi connectivity index (χ0v) is 43.5. The predicted molar refractivity (Wildman–Crippen MR) is 335 cm³/mol. The van der Waals surface area contributed by atoms with E-state index in [4.69, 9.17) is 0 Å². The predicted octanol–water partition coefficient (Wildman–Crippen LogP) is 20.6. The summed E-state index contributed by atoms with van der Waals surface area (Å²) in [5.74, 6) is 0. The number of benzene rings is 13. The molecule has 2 aliphatic rings. The fraction of sp³-hybridized carbons (Fsp3) is 0.0130. The van der Waals surface area contributed by atoms with E-state index in [0.717, 1.165) is 66.8 Å². The molecule has 0 saturated heterocycles. The highest BCUT2D eigenvalue weighted by molar-refractivity contribution is 6.12. The second kappa shape index (κ2) is 18.3. The Morgan fingerprint density at radius 3 is 1.46 bits per heavy atom. The lowest BCUT2D eigenvalue weighted by atomic mass is 9.70. The minimum Gasteiger partial charge on any atom is -0.311 e. The molecule has 0 amide bonds. The van der Waals surface area contributed by atoms with Crippen LogP contribution in [0.25, 0.3) is 82.8 Å². The van der Waals surface area contributed by atoms with Crippen molar-refractivity contribution < 1.29 is 5.48 Å². The molecule has 0 aliphatic heterocycles. The molecule has 13 aromatic carbocycles. The van der Waals surface area contributed by atoms with Crippen LogP contribution in [0.4, 0.5) is 34.1 Å². The van der Waals surface area contributed by atoms with Crippen LogP contribution in [0.15, 0.2) is 309 Å². The molecular weight excluding hydrogens is 967 g/mol. The molecule has 0 atom stereocenters. The molecule has 80 heavy (non-hydrogen) atoms. The fourth-order valence-electron chi connectivity index (χ4n) is 13.3. The Morgan fingerprint density at radius 2 is 0.762 bits per heavy atom. The van der Waals surface area contributed by atoms with E-state index in [9.17, 15) is 5.48 Å². The molecule has 16 rings (SSSR count). The van der Waals surface area contributed by atoms with E-state index in [-0.39, 0.29) is 35.4 Å². The quantitative estimate of drug-likeness (QED) is 0.143. The molecule has 374 valence electrons. The second-order valence-corrected chi connectivity index (χ2v) is 20.8. The zero-order chi connectivity index (χ0) is 56.2. The third-order valence-corrected chi connectivity index (χ3v) is 16.7. The fourth-order valence-corrected chi connectivity index (χ4v) is 13.3. The Kier molecular flexibility index (Phi) is 9.55. The molecular formula is C77H51N3. The number of hydrogen-bond donors (Lipinski definition) is 0. The Labute approximate surface area is 471 Å². The van der Waals surface area contributed by atoms with Gasteiger partial charge in [-0.3, -0.25) is 0 Å². The van der Waals surface area contributed by atoms with Crippen molar-refractivity contribution in [1.82, 2.24) is 4.57 Å². The third kappa shape index (κ3) is 6.94. The summed E-state index contributed by atoms with van der Waals surface area (Å²) in [6.45, 7) is 0. The van der Waals surface area contributed by atoms with Gasteiger partial charge in [0.25, 0.3) is 0 Å². The van der Waals surface area contributed by atoms with Crippen LogP contribution >= 0.6 is 0 Å². The van der Waals surface area contributed by atoms with Gasteiger partial charge in [0.1, 0.15) is 0 Å². The zero-order valence-electron chi connectivity index (χ0n) is 47.5. The van der Waals surface area contributed by atoms with Crippen LogP contribution in [-0.4, -0.2) is 4.57 Å². The van der Waals surface area contributed by atoms with Gasteiger partial charge in [-0.25, -0.2) is 0 Å². The maximum Gasteiger partial charge on any atom is 0.0726 e. The number of rotatable bonds is 9. The summed E-state index contributed by atoms with van der Waals surface area (Å²) >= 11 is 0. The van der Waals surface area contributed by atoms with Crippen LogP contribution in [0.3, 0.4) is 0 Å². The van der Waals surface area contributed by atoms with E-state index in [1.54, 1.807) is 0 Å². The first kappa shape index (κ1) is 41.7. The molecule has 0 bridgehead atoms. The van der Waals surface area contributed by atoms with Gasteiger partial charge in [0.05, 0.1) is 27.6 Å². The Morgan fingerprint density at radius 1 is 0.275 bits per heavy atom. The largest absolute Gasteiger partial charge is 0.311 e. The van der Waals surface area contributed by atoms with Crippen molar-refractivity contribution in [3.8, 4) is 50.2 Å². The van der Waals surface area contributed by atoms with Crippen molar-refractivity contribution in [3.05, 3.63) is 332 Å². The van der Waals surface area contributed by atoms with Crippen molar-refractivity contribution in [2.75, 3.05) is 9.80 Å². The minimum absolute atomic E-state index is 0.123. The van der Waals surface area contributed by atoms with Gasteiger partial charge < -0.3 is 14.4 Å². The Bertz CT molecular complexity index is 4870. The van der Waals surface area contributed by atoms with Crippen molar-refractivity contribution >= 4 is 66.7 Å². The number of fused-ring (bicyclic) bond motifs is 14. The van der Waals surface area contributed by atoms with Crippen molar-refractivity contribution in [3.63, 3.8) is 0 Å². The first-order valence-electron chi connectivity index (χ1n) is 29.3. The van der Waals surface area contributed by atoms with Gasteiger partial charge in [0.15, 0.2) is 0 Å². The van der Waals surface area contributed by atoms with Gasteiger partial charge >= 0.3 is 0 Å². The van der Waals surface area contributed by atoms with Crippen LogP contribution in [-0.2, 0) is 5.41 Å². The van der Waals surface area contributed by atoms with Gasteiger partial charge in [0.2, 0.25) is 0 Å². The van der Waals surface area contributed by atoms with Crippen molar-refractivity contribution in [1.29, 1.82) is 0 Å². The monoisotopic (exact) mass is 1020 g/mol. The molecule has 3 heteroatoms. The summed E-state index contributed by atoms with van der Waals surface area (Å²) in [4.78, 5) is 4.22. The lowest BCUT2D eigenvalue weighted by Crippen LogP contribution is -2.26. The molecule has 0 N–H and O–H groups in total. The molecule has 2 aliphatic carbocycles. The summed E-state index contributed by atoms with van der Waals surface area (Å²) in [6.07, 6.45) is 0. The molecule has 0 radical (unpaired) electrons. The number of aromatic nitrogens is 1. The van der Waals surface area contributed by atoms with Crippen molar-refractivity contribution in [2.45, 2.75) is 5.41 Å². The van der Waals surface area contributed by atoms with E-state index in [2.05, 4.69) is 204 Å². The number of nitrogens with zero attached hydrogens (tertiary/aromatic N) is 3. The topological polar surface area (TPSA) is 11.4 Å². The Balaban J connectivity index is 0.916. The highest BCUT2D eigenvalue weighted by Gasteiger charge is 2.51. The van der Waals surface area contributed by atoms with Gasteiger partial charge in [-0.2, -0.15) is 0 Å². The Hall–Kier alpha value is -10.5. The molecule has 1 spiro atoms. The van der Waals surface area contributed by atoms with Gasteiger partial charge in [-0.05, 0) is 157 Å². The second-order valence-electron chi connectivity index (χ2n) is 20.8. The van der Waals surface area contributed by atoms with Crippen LogP contribution in [0.1, 0.15) is 27.7 Å². The lowest BCUT2D eigenvalue weighted by Gasteiger charge is -2.32. The molecule has 0 fully saturated rings. The summed E-state index contributed by atoms with van der Waals surface area (Å²) in [5, 5.41) is 3.99. The first-order chi connectivity index (χ1) is 41.4. The van der Waals surface area contributed by atoms with E-state index in [1.165, 1.54) is 49.9 Å². The van der Waals surface area contributed by atoms with Gasteiger partial charge in [0, 0.05) is 50.3 Å². The van der Waals surface area contributed by atoms with Crippen molar-refractivity contribution in [2.24, 2.45) is 0 Å². The SMILES string of the molecule is [2H]c1c([2H])c(N(c2ccccc2)c2ccc(-c3ccccc3)cc2)c([2H])c([2H])c1-c1cccc2c(N(c3ccc4c(c3)C3(c5ccccc5-c5ccccc53)c3ccccc3-4)c3ccc4c5ccccc5n(-c5ccccc5)c4c3)cccc12. The minimum atomic E-state index is -0.582.